The third-order valence-corrected chi connectivity index (χ3v) is 3.23. The molecule has 2 aromatic rings. The number of para-hydroxylation sites is 1. The Kier molecular flexibility index (Phi) is 5.46. The zero-order valence-corrected chi connectivity index (χ0v) is 13.1. The summed E-state index contributed by atoms with van der Waals surface area (Å²) in [7, 11) is 0. The maximum absolute atomic E-state index is 11.7. The predicted molar refractivity (Wildman–Crippen MR) is 84.6 cm³/mol. The van der Waals surface area contributed by atoms with Crippen LogP contribution in [0.4, 0.5) is 4.79 Å². The molecule has 1 aromatic heterocycles. The molecule has 23 heavy (non-hydrogen) atoms. The lowest BCUT2D eigenvalue weighted by atomic mass is 10.2. The molecule has 1 heterocycles. The molecule has 1 aromatic carbocycles. The van der Waals surface area contributed by atoms with E-state index in [4.69, 9.17) is 14.3 Å². The van der Waals surface area contributed by atoms with Crippen LogP contribution in [0.5, 0.6) is 5.75 Å². The van der Waals surface area contributed by atoms with Crippen molar-refractivity contribution in [1.29, 1.82) is 0 Å². The first-order valence-electron chi connectivity index (χ1n) is 7.42. The van der Waals surface area contributed by atoms with Crippen LogP contribution in [-0.4, -0.2) is 30.3 Å². The molecular weight excluding hydrogens is 300 g/mol. The fourth-order valence-corrected chi connectivity index (χ4v) is 2.14. The average molecular weight is 320 g/mol. The topological polar surface area (TPSA) is 101 Å². The molecule has 0 saturated carbocycles. The maximum atomic E-state index is 11.7. The van der Waals surface area contributed by atoms with E-state index in [2.05, 4.69) is 10.6 Å². The van der Waals surface area contributed by atoms with Crippen molar-refractivity contribution in [2.24, 2.45) is 0 Å². The predicted octanol–water partition coefficient (Wildman–Crippen LogP) is 2.67. The first-order valence-corrected chi connectivity index (χ1v) is 7.42. The Morgan fingerprint density at radius 1 is 1.39 bits per heavy atom. The average Bonchev–Trinajstić information content (AvgIpc) is 2.92. The number of benzene rings is 1. The van der Waals surface area contributed by atoms with E-state index >= 15 is 0 Å². The number of carboxylic acid groups (broad SMARTS) is 1. The van der Waals surface area contributed by atoms with Gasteiger partial charge in [0.15, 0.2) is 11.3 Å². The van der Waals surface area contributed by atoms with Gasteiger partial charge in [0.1, 0.15) is 5.76 Å². The van der Waals surface area contributed by atoms with Gasteiger partial charge in [0.05, 0.1) is 19.1 Å². The van der Waals surface area contributed by atoms with E-state index in [1.165, 1.54) is 0 Å². The third-order valence-electron chi connectivity index (χ3n) is 3.23. The molecule has 124 valence electrons. The highest BCUT2D eigenvalue weighted by Crippen LogP contribution is 2.31. The van der Waals surface area contributed by atoms with Gasteiger partial charge in [-0.15, -0.1) is 0 Å². The summed E-state index contributed by atoms with van der Waals surface area (Å²) in [5.74, 6) is 0.300. The van der Waals surface area contributed by atoms with Crippen LogP contribution < -0.4 is 15.4 Å². The van der Waals surface area contributed by atoms with E-state index in [-0.39, 0.29) is 19.0 Å². The Morgan fingerprint density at radius 2 is 2.17 bits per heavy atom. The van der Waals surface area contributed by atoms with Crippen molar-refractivity contribution >= 4 is 23.0 Å². The van der Waals surface area contributed by atoms with Crippen LogP contribution in [0.25, 0.3) is 11.0 Å². The second-order valence-electron chi connectivity index (χ2n) is 5.02. The van der Waals surface area contributed by atoms with Crippen LogP contribution in [0.3, 0.4) is 0 Å². The number of amides is 2. The van der Waals surface area contributed by atoms with Crippen molar-refractivity contribution in [1.82, 2.24) is 10.6 Å². The number of hydrogen-bond acceptors (Lipinski definition) is 4. The third kappa shape index (κ3) is 4.38. The molecule has 2 amide bonds. The SMILES string of the molecule is CCOc1cccc2cc(C(C)NC(=O)NCCC(=O)O)oc12. The molecule has 0 aliphatic rings. The molecule has 0 aliphatic carbocycles. The number of carboxylic acids is 1. The monoisotopic (exact) mass is 320 g/mol. The first kappa shape index (κ1) is 16.7. The van der Waals surface area contributed by atoms with E-state index in [9.17, 15) is 9.59 Å². The Morgan fingerprint density at radius 3 is 2.87 bits per heavy atom. The summed E-state index contributed by atoms with van der Waals surface area (Å²) in [4.78, 5) is 22.1. The summed E-state index contributed by atoms with van der Waals surface area (Å²) in [5, 5.41) is 14.6. The Labute approximate surface area is 133 Å². The van der Waals surface area contributed by atoms with Crippen molar-refractivity contribution < 1.29 is 23.8 Å². The minimum absolute atomic E-state index is 0.0719. The van der Waals surface area contributed by atoms with Gasteiger partial charge in [0.25, 0.3) is 0 Å². The highest BCUT2D eigenvalue weighted by molar-refractivity contribution is 5.84. The number of fused-ring (bicyclic) bond motifs is 1. The van der Waals surface area contributed by atoms with Crippen LogP contribution in [0, 0.1) is 0 Å². The van der Waals surface area contributed by atoms with Crippen molar-refractivity contribution in [2.45, 2.75) is 26.3 Å². The van der Waals surface area contributed by atoms with Gasteiger partial charge in [0, 0.05) is 11.9 Å². The minimum Gasteiger partial charge on any atom is -0.490 e. The number of urea groups is 1. The number of nitrogens with one attached hydrogen (secondary N) is 2. The first-order chi connectivity index (χ1) is 11.0. The van der Waals surface area contributed by atoms with Crippen LogP contribution in [-0.2, 0) is 4.79 Å². The molecule has 7 nitrogen and oxygen atoms in total. The quantitative estimate of drug-likeness (QED) is 0.728. The normalized spacial score (nSPS) is 11.9. The van der Waals surface area contributed by atoms with Gasteiger partial charge >= 0.3 is 12.0 Å². The highest BCUT2D eigenvalue weighted by Gasteiger charge is 2.16. The second kappa shape index (κ2) is 7.53. The van der Waals surface area contributed by atoms with Gasteiger partial charge in [-0.1, -0.05) is 12.1 Å². The molecule has 2 rings (SSSR count). The van der Waals surface area contributed by atoms with Crippen LogP contribution in [0.15, 0.2) is 28.7 Å². The largest absolute Gasteiger partial charge is 0.490 e. The van der Waals surface area contributed by atoms with Crippen molar-refractivity contribution in [3.05, 3.63) is 30.0 Å². The summed E-state index contributed by atoms with van der Waals surface area (Å²) in [6, 6.07) is 6.66. The summed E-state index contributed by atoms with van der Waals surface area (Å²) in [6.07, 6.45) is -0.121. The van der Waals surface area contributed by atoms with Gasteiger partial charge in [0.2, 0.25) is 0 Å². The molecule has 1 atom stereocenters. The lowest BCUT2D eigenvalue weighted by molar-refractivity contribution is -0.136. The standard InChI is InChI=1S/C16H20N2O5/c1-3-22-12-6-4-5-11-9-13(23-15(11)12)10(2)18-16(21)17-8-7-14(19)20/h4-6,9-10H,3,7-8H2,1-2H3,(H,19,20)(H2,17,18,21). The molecule has 3 N–H and O–H groups in total. The van der Waals surface area contributed by atoms with Gasteiger partial charge in [-0.2, -0.15) is 0 Å². The Hall–Kier alpha value is -2.70. The van der Waals surface area contributed by atoms with Crippen LogP contribution >= 0.6 is 0 Å². The Bertz CT molecular complexity index is 695. The molecular formula is C16H20N2O5. The van der Waals surface area contributed by atoms with Crippen LogP contribution in [0.2, 0.25) is 0 Å². The lowest BCUT2D eigenvalue weighted by Crippen LogP contribution is -2.37. The van der Waals surface area contributed by atoms with Crippen molar-refractivity contribution in [2.75, 3.05) is 13.2 Å². The number of carbonyl (C=O) groups is 2. The fourth-order valence-electron chi connectivity index (χ4n) is 2.14. The number of hydrogen-bond donors (Lipinski definition) is 3. The van der Waals surface area contributed by atoms with Gasteiger partial charge in [-0.25, -0.2) is 4.79 Å². The lowest BCUT2D eigenvalue weighted by Gasteiger charge is -2.12. The number of rotatable bonds is 7. The second-order valence-corrected chi connectivity index (χ2v) is 5.02. The van der Waals surface area contributed by atoms with Gasteiger partial charge in [-0.05, 0) is 26.0 Å². The summed E-state index contributed by atoms with van der Waals surface area (Å²) >= 11 is 0. The van der Waals surface area contributed by atoms with Crippen molar-refractivity contribution in [3.63, 3.8) is 0 Å². The van der Waals surface area contributed by atoms with E-state index in [1.807, 2.05) is 31.2 Å². The van der Waals surface area contributed by atoms with Gasteiger partial charge in [-0.3, -0.25) is 4.79 Å². The van der Waals surface area contributed by atoms with E-state index in [1.54, 1.807) is 6.92 Å². The van der Waals surface area contributed by atoms with Crippen molar-refractivity contribution in [3.8, 4) is 5.75 Å². The number of ether oxygens (including phenoxy) is 1. The van der Waals surface area contributed by atoms with E-state index in [0.717, 1.165) is 5.39 Å². The molecule has 0 spiro atoms. The molecule has 0 fully saturated rings. The molecule has 1 unspecified atom stereocenters. The molecule has 0 radical (unpaired) electrons. The molecule has 0 bridgehead atoms. The van der Waals surface area contributed by atoms with E-state index < -0.39 is 12.0 Å². The number of furan rings is 1. The zero-order valence-electron chi connectivity index (χ0n) is 13.1. The van der Waals surface area contributed by atoms with Crippen LogP contribution in [0.1, 0.15) is 32.1 Å². The van der Waals surface area contributed by atoms with E-state index in [0.29, 0.717) is 23.7 Å². The fraction of sp³-hybridized carbons (Fsp3) is 0.375. The number of aliphatic carboxylic acids is 1. The minimum atomic E-state index is -0.959. The molecule has 0 saturated heterocycles. The molecule has 0 aliphatic heterocycles. The summed E-state index contributed by atoms with van der Waals surface area (Å²) < 4.78 is 11.3. The number of carbonyl (C=O) groups excluding carboxylic acids is 1. The maximum Gasteiger partial charge on any atom is 0.315 e. The smallest absolute Gasteiger partial charge is 0.315 e. The zero-order chi connectivity index (χ0) is 16.8. The Balaban J connectivity index is 2.03. The molecule has 7 heteroatoms. The van der Waals surface area contributed by atoms with Gasteiger partial charge < -0.3 is 24.9 Å². The summed E-state index contributed by atoms with van der Waals surface area (Å²) in [5.41, 5.74) is 0.643. The highest BCUT2D eigenvalue weighted by atomic mass is 16.5. The summed E-state index contributed by atoms with van der Waals surface area (Å²) in [6.45, 7) is 4.29.